The van der Waals surface area contributed by atoms with E-state index in [0.29, 0.717) is 18.3 Å². The van der Waals surface area contributed by atoms with Crippen molar-refractivity contribution in [2.24, 2.45) is 0 Å². The van der Waals surface area contributed by atoms with Crippen molar-refractivity contribution in [3.63, 3.8) is 0 Å². The van der Waals surface area contributed by atoms with Crippen LogP contribution in [0.3, 0.4) is 0 Å². The van der Waals surface area contributed by atoms with Gasteiger partial charge in [-0.15, -0.1) is 0 Å². The Balaban J connectivity index is 1.73. The summed E-state index contributed by atoms with van der Waals surface area (Å²) in [4.78, 5) is 18.9. The highest BCUT2D eigenvalue weighted by atomic mass is 35.5. The van der Waals surface area contributed by atoms with Gasteiger partial charge in [0.1, 0.15) is 11.6 Å². The van der Waals surface area contributed by atoms with Crippen molar-refractivity contribution in [3.8, 4) is 0 Å². The molecular weight excluding hydrogens is 362 g/mol. The molecule has 2 aromatic rings. The SMILES string of the molecule is O=C1N(Cc2ccc(F)cc2Cl)CCN1c1ccc(C(F)(F)F)cn1. The molecular formula is C16H12ClF4N3O. The van der Waals surface area contributed by atoms with Gasteiger partial charge in [0.2, 0.25) is 0 Å². The van der Waals surface area contributed by atoms with Gasteiger partial charge in [-0.25, -0.2) is 14.2 Å². The summed E-state index contributed by atoms with van der Waals surface area (Å²) in [5, 5.41) is 0.207. The van der Waals surface area contributed by atoms with E-state index in [-0.39, 0.29) is 23.9 Å². The Morgan fingerprint density at radius 3 is 2.52 bits per heavy atom. The second kappa shape index (κ2) is 6.51. The molecule has 1 aliphatic rings. The molecule has 1 saturated heterocycles. The number of pyridine rings is 1. The number of nitrogens with zero attached hydrogens (tertiary/aromatic N) is 3. The summed E-state index contributed by atoms with van der Waals surface area (Å²) in [6.07, 6.45) is -3.78. The van der Waals surface area contributed by atoms with Crippen molar-refractivity contribution < 1.29 is 22.4 Å². The van der Waals surface area contributed by atoms with Crippen molar-refractivity contribution in [2.75, 3.05) is 18.0 Å². The maximum absolute atomic E-state index is 13.1. The summed E-state index contributed by atoms with van der Waals surface area (Å²) in [5.41, 5.74) is -0.295. The molecule has 2 amide bonds. The second-order valence-electron chi connectivity index (χ2n) is 5.49. The topological polar surface area (TPSA) is 36.4 Å². The van der Waals surface area contributed by atoms with Crippen LogP contribution in [-0.4, -0.2) is 29.0 Å². The van der Waals surface area contributed by atoms with Gasteiger partial charge < -0.3 is 4.90 Å². The first kappa shape index (κ1) is 17.5. The van der Waals surface area contributed by atoms with Crippen molar-refractivity contribution >= 4 is 23.4 Å². The van der Waals surface area contributed by atoms with Crippen LogP contribution < -0.4 is 4.90 Å². The molecule has 9 heteroatoms. The van der Waals surface area contributed by atoms with Crippen molar-refractivity contribution in [3.05, 3.63) is 58.5 Å². The molecule has 4 nitrogen and oxygen atoms in total. The summed E-state index contributed by atoms with van der Waals surface area (Å²) in [7, 11) is 0. The number of anilines is 1. The smallest absolute Gasteiger partial charge is 0.318 e. The lowest BCUT2D eigenvalue weighted by atomic mass is 10.2. The predicted octanol–water partition coefficient (Wildman–Crippen LogP) is 4.34. The van der Waals surface area contributed by atoms with Crippen molar-refractivity contribution in [2.45, 2.75) is 12.7 Å². The summed E-state index contributed by atoms with van der Waals surface area (Å²) < 4.78 is 50.8. The first-order valence-electron chi connectivity index (χ1n) is 7.29. The highest BCUT2D eigenvalue weighted by Gasteiger charge is 2.33. The summed E-state index contributed by atoms with van der Waals surface area (Å²) in [5.74, 6) is -0.331. The van der Waals surface area contributed by atoms with E-state index >= 15 is 0 Å². The highest BCUT2D eigenvalue weighted by molar-refractivity contribution is 6.31. The summed E-state index contributed by atoms with van der Waals surface area (Å²) in [6.45, 7) is 0.820. The molecule has 0 radical (unpaired) electrons. The molecule has 25 heavy (non-hydrogen) atoms. The fourth-order valence-corrected chi connectivity index (χ4v) is 2.74. The Hall–Kier alpha value is -2.35. The Morgan fingerprint density at radius 2 is 1.92 bits per heavy atom. The van der Waals surface area contributed by atoms with Crippen molar-refractivity contribution in [1.29, 1.82) is 0 Å². The van der Waals surface area contributed by atoms with Gasteiger partial charge in [-0.3, -0.25) is 4.90 Å². The number of rotatable bonds is 3. The molecule has 0 atom stereocenters. The number of hydrogen-bond acceptors (Lipinski definition) is 2. The zero-order chi connectivity index (χ0) is 18.2. The third-order valence-electron chi connectivity index (χ3n) is 3.82. The van der Waals surface area contributed by atoms with Crippen LogP contribution in [0.5, 0.6) is 0 Å². The van der Waals surface area contributed by atoms with Gasteiger partial charge in [0.15, 0.2) is 0 Å². The van der Waals surface area contributed by atoms with Gasteiger partial charge in [-0.05, 0) is 29.8 Å². The molecule has 1 aromatic carbocycles. The predicted molar refractivity (Wildman–Crippen MR) is 83.8 cm³/mol. The van der Waals surface area contributed by atoms with Crippen LogP contribution >= 0.6 is 11.6 Å². The van der Waals surface area contributed by atoms with Gasteiger partial charge in [-0.2, -0.15) is 13.2 Å². The van der Waals surface area contributed by atoms with E-state index in [4.69, 9.17) is 11.6 Å². The lowest BCUT2D eigenvalue weighted by Crippen LogP contribution is -2.32. The third kappa shape index (κ3) is 3.68. The van der Waals surface area contributed by atoms with E-state index in [1.54, 1.807) is 0 Å². The van der Waals surface area contributed by atoms with E-state index in [1.807, 2.05) is 0 Å². The van der Waals surface area contributed by atoms with Crippen LogP contribution in [0.1, 0.15) is 11.1 Å². The summed E-state index contributed by atoms with van der Waals surface area (Å²) >= 11 is 5.96. The van der Waals surface area contributed by atoms with Gasteiger partial charge in [0.05, 0.1) is 5.56 Å². The van der Waals surface area contributed by atoms with Gasteiger partial charge in [-0.1, -0.05) is 17.7 Å². The minimum absolute atomic E-state index is 0.144. The average Bonchev–Trinajstić information content (AvgIpc) is 2.90. The Kier molecular flexibility index (Phi) is 4.55. The lowest BCUT2D eigenvalue weighted by molar-refractivity contribution is -0.137. The average molecular weight is 374 g/mol. The quantitative estimate of drug-likeness (QED) is 0.751. The minimum atomic E-state index is -4.48. The molecule has 0 bridgehead atoms. The molecule has 3 rings (SSSR count). The number of aromatic nitrogens is 1. The molecule has 2 heterocycles. The van der Waals surface area contributed by atoms with Gasteiger partial charge in [0.25, 0.3) is 0 Å². The van der Waals surface area contributed by atoms with E-state index in [0.717, 1.165) is 18.2 Å². The normalized spacial score (nSPS) is 15.2. The number of carbonyl (C=O) groups is 1. The minimum Gasteiger partial charge on any atom is -0.318 e. The molecule has 1 aromatic heterocycles. The Bertz CT molecular complexity index is 795. The first-order valence-corrected chi connectivity index (χ1v) is 7.67. The number of alkyl halides is 3. The third-order valence-corrected chi connectivity index (χ3v) is 4.17. The number of halogens is 5. The fraction of sp³-hybridized carbons (Fsp3) is 0.250. The standard InChI is InChI=1S/C16H12ClF4N3O/c17-13-7-12(18)3-1-10(13)9-23-5-6-24(15(23)25)14-4-2-11(8-22-14)16(19,20)21/h1-4,7-8H,5-6,9H2. The van der Waals surface area contributed by atoms with Crippen LogP contribution in [0.4, 0.5) is 28.2 Å². The number of carbonyl (C=O) groups excluding carboxylic acids is 1. The summed E-state index contributed by atoms with van der Waals surface area (Å²) in [6, 6.07) is 5.55. The van der Waals surface area contributed by atoms with Crippen LogP contribution in [-0.2, 0) is 12.7 Å². The second-order valence-corrected chi connectivity index (χ2v) is 5.90. The van der Waals surface area contributed by atoms with Crippen LogP contribution in [0.25, 0.3) is 0 Å². The molecule has 0 saturated carbocycles. The zero-order valence-electron chi connectivity index (χ0n) is 12.7. The molecule has 1 aliphatic heterocycles. The zero-order valence-corrected chi connectivity index (χ0v) is 13.5. The lowest BCUT2D eigenvalue weighted by Gasteiger charge is -2.19. The molecule has 0 spiro atoms. The molecule has 1 fully saturated rings. The fourth-order valence-electron chi connectivity index (χ4n) is 2.51. The highest BCUT2D eigenvalue weighted by Crippen LogP contribution is 2.30. The largest absolute Gasteiger partial charge is 0.417 e. The van der Waals surface area contributed by atoms with Gasteiger partial charge >= 0.3 is 12.2 Å². The van der Waals surface area contributed by atoms with Crippen molar-refractivity contribution in [1.82, 2.24) is 9.88 Å². The Morgan fingerprint density at radius 1 is 1.16 bits per heavy atom. The van der Waals surface area contributed by atoms with Gasteiger partial charge in [0, 0.05) is 30.9 Å². The number of amides is 2. The molecule has 132 valence electrons. The molecule has 0 aliphatic carbocycles. The number of urea groups is 1. The van der Waals surface area contributed by atoms with E-state index in [2.05, 4.69) is 4.98 Å². The van der Waals surface area contributed by atoms with Crippen LogP contribution in [0.15, 0.2) is 36.5 Å². The van der Waals surface area contributed by atoms with E-state index in [9.17, 15) is 22.4 Å². The maximum atomic E-state index is 13.1. The number of hydrogen-bond donors (Lipinski definition) is 0. The van der Waals surface area contributed by atoms with E-state index < -0.39 is 23.6 Å². The van der Waals surface area contributed by atoms with Crippen LogP contribution in [0, 0.1) is 5.82 Å². The maximum Gasteiger partial charge on any atom is 0.417 e. The first-order chi connectivity index (χ1) is 11.8. The number of benzene rings is 1. The molecule has 0 N–H and O–H groups in total. The monoisotopic (exact) mass is 373 g/mol. The molecule has 0 unspecified atom stereocenters. The Labute approximate surface area is 145 Å². The van der Waals surface area contributed by atoms with Crippen LogP contribution in [0.2, 0.25) is 5.02 Å². The van der Waals surface area contributed by atoms with E-state index in [1.165, 1.54) is 21.9 Å².